The van der Waals surface area contributed by atoms with E-state index in [0.29, 0.717) is 6.54 Å². The van der Waals surface area contributed by atoms with E-state index in [9.17, 15) is 4.79 Å². The lowest BCUT2D eigenvalue weighted by molar-refractivity contribution is -0.697. The summed E-state index contributed by atoms with van der Waals surface area (Å²) in [7, 11) is 0. The molecule has 1 saturated heterocycles. The number of rotatable bonds is 4. The maximum Gasteiger partial charge on any atom is 0.262 e. The molecule has 0 aromatic rings. The highest BCUT2D eigenvalue weighted by Crippen LogP contribution is 2.28. The van der Waals surface area contributed by atoms with Crippen LogP contribution in [0.5, 0.6) is 0 Å². The van der Waals surface area contributed by atoms with Crippen LogP contribution in [0.2, 0.25) is 0 Å². The summed E-state index contributed by atoms with van der Waals surface area (Å²) in [6.07, 6.45) is 1.62. The summed E-state index contributed by atoms with van der Waals surface area (Å²) in [5.74, 6) is -0.146. The zero-order valence-corrected chi connectivity index (χ0v) is 13.8. The Balaban J connectivity index is 2.54. The van der Waals surface area contributed by atoms with Gasteiger partial charge in [0.25, 0.3) is 3.79 Å². The van der Waals surface area contributed by atoms with Crippen LogP contribution in [0.15, 0.2) is 0 Å². The molecule has 112 valence electrons. The summed E-state index contributed by atoms with van der Waals surface area (Å²) in [6.45, 7) is 6.90. The molecule has 4 nitrogen and oxygen atoms in total. The molecule has 1 fully saturated rings. The van der Waals surface area contributed by atoms with Crippen molar-refractivity contribution in [1.29, 1.82) is 0 Å². The second kappa shape index (κ2) is 6.81. The molecule has 0 aromatic heterocycles. The van der Waals surface area contributed by atoms with E-state index in [1.807, 2.05) is 26.1 Å². The topological polar surface area (TPSA) is 54.9 Å². The number of nitrogens with two attached hydrogens (primary N) is 1. The second-order valence-corrected chi connectivity index (χ2v) is 8.22. The summed E-state index contributed by atoms with van der Waals surface area (Å²) in [4.78, 5) is 12.0. The average molecular weight is 333 g/mol. The smallest absolute Gasteiger partial charge is 0.262 e. The molecule has 0 bridgehead atoms. The lowest BCUT2D eigenvalue weighted by Crippen LogP contribution is -2.98. The SMILES string of the molecule is CC(C)(C)C(=O)N[C@H]([NH2+]C[C@@H]1CCCO1)C(Cl)(Cl)Cl. The van der Waals surface area contributed by atoms with Crippen LogP contribution in [0.4, 0.5) is 0 Å². The highest BCUT2D eigenvalue weighted by Gasteiger charge is 2.39. The highest BCUT2D eigenvalue weighted by atomic mass is 35.6. The van der Waals surface area contributed by atoms with Crippen LogP contribution in [0.3, 0.4) is 0 Å². The van der Waals surface area contributed by atoms with Crippen molar-refractivity contribution in [1.82, 2.24) is 5.32 Å². The predicted octanol–water partition coefficient (Wildman–Crippen LogP) is 1.59. The molecule has 0 aliphatic carbocycles. The summed E-state index contributed by atoms with van der Waals surface area (Å²) < 4.78 is 3.96. The fourth-order valence-electron chi connectivity index (χ4n) is 1.75. The van der Waals surface area contributed by atoms with Gasteiger partial charge < -0.3 is 15.4 Å². The molecule has 0 spiro atoms. The van der Waals surface area contributed by atoms with Crippen molar-refractivity contribution in [3.8, 4) is 0 Å². The Morgan fingerprint density at radius 1 is 1.42 bits per heavy atom. The molecule has 0 unspecified atom stereocenters. The average Bonchev–Trinajstić information content (AvgIpc) is 2.73. The third-order valence-electron chi connectivity index (χ3n) is 2.98. The Morgan fingerprint density at radius 2 is 2.05 bits per heavy atom. The number of nitrogens with one attached hydrogen (secondary N) is 1. The van der Waals surface area contributed by atoms with Gasteiger partial charge in [-0.25, -0.2) is 0 Å². The minimum absolute atomic E-state index is 0.146. The van der Waals surface area contributed by atoms with Crippen LogP contribution in [-0.2, 0) is 9.53 Å². The number of alkyl halides is 3. The molecule has 0 radical (unpaired) electrons. The zero-order valence-electron chi connectivity index (χ0n) is 11.5. The van der Waals surface area contributed by atoms with E-state index in [-0.39, 0.29) is 12.0 Å². The van der Waals surface area contributed by atoms with Crippen molar-refractivity contribution < 1.29 is 14.8 Å². The van der Waals surface area contributed by atoms with E-state index >= 15 is 0 Å². The Morgan fingerprint density at radius 3 is 2.47 bits per heavy atom. The van der Waals surface area contributed by atoms with Gasteiger partial charge in [0, 0.05) is 12.0 Å². The van der Waals surface area contributed by atoms with E-state index < -0.39 is 15.4 Å². The first-order valence-electron chi connectivity index (χ1n) is 6.43. The third-order valence-corrected chi connectivity index (χ3v) is 3.68. The molecule has 1 heterocycles. The van der Waals surface area contributed by atoms with Crippen LogP contribution < -0.4 is 10.6 Å². The Bertz CT molecular complexity index is 307. The molecule has 19 heavy (non-hydrogen) atoms. The molecule has 1 aliphatic heterocycles. The molecule has 1 rings (SSSR count). The predicted molar refractivity (Wildman–Crippen MR) is 77.4 cm³/mol. The van der Waals surface area contributed by atoms with Crippen molar-refractivity contribution in [3.05, 3.63) is 0 Å². The molecular formula is C12H22Cl3N2O2+. The summed E-state index contributed by atoms with van der Waals surface area (Å²) >= 11 is 17.8. The van der Waals surface area contributed by atoms with E-state index in [0.717, 1.165) is 19.4 Å². The quantitative estimate of drug-likeness (QED) is 0.607. The van der Waals surface area contributed by atoms with E-state index in [1.165, 1.54) is 0 Å². The van der Waals surface area contributed by atoms with Crippen LogP contribution in [0.1, 0.15) is 33.6 Å². The molecule has 0 aromatic carbocycles. The first kappa shape index (κ1) is 17.3. The number of hydrogen-bond donors (Lipinski definition) is 2. The number of amides is 1. The van der Waals surface area contributed by atoms with Gasteiger partial charge in [-0.2, -0.15) is 0 Å². The van der Waals surface area contributed by atoms with Crippen LogP contribution in [0, 0.1) is 5.41 Å². The molecule has 0 saturated carbocycles. The number of hydrogen-bond acceptors (Lipinski definition) is 2. The minimum atomic E-state index is -1.56. The number of carbonyl (C=O) groups is 1. The van der Waals surface area contributed by atoms with Crippen LogP contribution in [-0.4, -0.2) is 35.1 Å². The number of quaternary nitrogens is 1. The maximum atomic E-state index is 12.0. The van der Waals surface area contributed by atoms with Gasteiger partial charge in [0.15, 0.2) is 0 Å². The lowest BCUT2D eigenvalue weighted by atomic mass is 9.95. The Kier molecular flexibility index (Phi) is 6.21. The fraction of sp³-hybridized carbons (Fsp3) is 0.917. The zero-order chi connectivity index (χ0) is 14.7. The Labute approximate surface area is 129 Å². The van der Waals surface area contributed by atoms with Crippen molar-refractivity contribution >= 4 is 40.7 Å². The van der Waals surface area contributed by atoms with Gasteiger partial charge in [0.05, 0.1) is 0 Å². The van der Waals surface area contributed by atoms with Crippen molar-refractivity contribution in [2.24, 2.45) is 5.41 Å². The third kappa shape index (κ3) is 6.05. The molecule has 2 atom stereocenters. The van der Waals surface area contributed by atoms with Gasteiger partial charge in [-0.15, -0.1) is 0 Å². The van der Waals surface area contributed by atoms with E-state index in [4.69, 9.17) is 39.5 Å². The standard InChI is InChI=1S/C12H21Cl3N2O2/c1-11(2,3)10(18)17-9(12(13,14)15)16-7-8-5-4-6-19-8/h8-9,16H,4-7H2,1-3H3,(H,17,18)/p+1/t8-,9-/m0/s1. The van der Waals surface area contributed by atoms with Crippen molar-refractivity contribution in [3.63, 3.8) is 0 Å². The molecule has 1 amide bonds. The van der Waals surface area contributed by atoms with Gasteiger partial charge in [-0.1, -0.05) is 55.6 Å². The summed E-state index contributed by atoms with van der Waals surface area (Å²) in [5, 5.41) is 4.60. The Hall–Kier alpha value is 0.260. The largest absolute Gasteiger partial charge is 0.372 e. The van der Waals surface area contributed by atoms with Gasteiger partial charge in [0.1, 0.15) is 12.6 Å². The number of ether oxygens (including phenoxy) is 1. The molecular weight excluding hydrogens is 311 g/mol. The summed E-state index contributed by atoms with van der Waals surface area (Å²) in [5.41, 5.74) is -0.522. The molecule has 1 aliphatic rings. The van der Waals surface area contributed by atoms with Crippen molar-refractivity contribution in [2.45, 2.75) is 49.7 Å². The van der Waals surface area contributed by atoms with Crippen molar-refractivity contribution in [2.75, 3.05) is 13.2 Å². The lowest BCUT2D eigenvalue weighted by Gasteiger charge is -2.27. The van der Waals surface area contributed by atoms with Gasteiger partial charge in [-0.05, 0) is 12.8 Å². The first-order valence-corrected chi connectivity index (χ1v) is 7.56. The minimum Gasteiger partial charge on any atom is -0.372 e. The first-order chi connectivity index (χ1) is 8.60. The normalized spacial score (nSPS) is 22.3. The van der Waals surface area contributed by atoms with Gasteiger partial charge in [0.2, 0.25) is 12.1 Å². The molecule has 7 heteroatoms. The highest BCUT2D eigenvalue weighted by molar-refractivity contribution is 6.68. The van der Waals surface area contributed by atoms with Gasteiger partial charge >= 0.3 is 0 Å². The number of halogens is 3. The van der Waals surface area contributed by atoms with E-state index in [2.05, 4.69) is 5.32 Å². The van der Waals surface area contributed by atoms with Crippen LogP contribution >= 0.6 is 34.8 Å². The van der Waals surface area contributed by atoms with Crippen LogP contribution in [0.25, 0.3) is 0 Å². The fourth-order valence-corrected chi connectivity index (χ4v) is 2.18. The summed E-state index contributed by atoms with van der Waals surface area (Å²) in [6, 6.07) is 0. The second-order valence-electron chi connectivity index (χ2n) is 5.85. The van der Waals surface area contributed by atoms with Gasteiger partial charge in [-0.3, -0.25) is 4.79 Å². The van der Waals surface area contributed by atoms with E-state index in [1.54, 1.807) is 0 Å². The molecule has 3 N–H and O–H groups in total. The number of carbonyl (C=O) groups excluding carboxylic acids is 1. The monoisotopic (exact) mass is 331 g/mol. The maximum absolute atomic E-state index is 12.0.